The summed E-state index contributed by atoms with van der Waals surface area (Å²) in [5, 5.41) is 5.51. The zero-order valence-electron chi connectivity index (χ0n) is 23.8. The number of imidazole rings is 1. The van der Waals surface area contributed by atoms with Crippen LogP contribution in [0.5, 0.6) is 17.2 Å². The highest BCUT2D eigenvalue weighted by Crippen LogP contribution is 2.41. The van der Waals surface area contributed by atoms with Gasteiger partial charge in [-0.25, -0.2) is 4.98 Å². The van der Waals surface area contributed by atoms with E-state index in [2.05, 4.69) is 15.6 Å². The van der Waals surface area contributed by atoms with Crippen LogP contribution < -0.4 is 30.6 Å². The van der Waals surface area contributed by atoms with Crippen LogP contribution in [0.3, 0.4) is 0 Å². The molecule has 44 heavy (non-hydrogen) atoms. The predicted molar refractivity (Wildman–Crippen MR) is 150 cm³/mol. The third kappa shape index (κ3) is 6.93. The van der Waals surface area contributed by atoms with Gasteiger partial charge < -0.3 is 35.1 Å². The molecule has 4 N–H and O–H groups in total. The number of nitrogens with one attached hydrogen (secondary N) is 2. The number of methoxy groups -OCH3 is 3. The molecule has 0 aliphatic heterocycles. The minimum atomic E-state index is -4.92. The number of nitrogens with two attached hydrogens (primary N) is 1. The summed E-state index contributed by atoms with van der Waals surface area (Å²) in [6, 6.07) is 8.91. The lowest BCUT2D eigenvalue weighted by Crippen LogP contribution is -2.25. The Morgan fingerprint density at radius 1 is 0.909 bits per heavy atom. The van der Waals surface area contributed by atoms with E-state index in [0.29, 0.717) is 77.6 Å². The average Bonchev–Trinajstić information content (AvgIpc) is 3.32. The first-order chi connectivity index (χ1) is 20.8. The molecule has 0 saturated carbocycles. The van der Waals surface area contributed by atoms with Crippen molar-refractivity contribution >= 4 is 28.6 Å². The highest BCUT2D eigenvalue weighted by atomic mass is 19.4. The zero-order chi connectivity index (χ0) is 32.2. The van der Waals surface area contributed by atoms with Crippen molar-refractivity contribution in [2.75, 3.05) is 33.2 Å². The number of nitrogens with zero attached hydrogens (tertiary/aromatic N) is 2. The van der Waals surface area contributed by atoms with E-state index in [1.807, 2.05) is 0 Å². The Balaban J connectivity index is 1.66. The molecular weight excluding hydrogens is 596 g/mol. The van der Waals surface area contributed by atoms with Crippen LogP contribution in [0.4, 0.5) is 38.0 Å². The topological polar surface area (TPSA) is 113 Å². The molecule has 1 aromatic heterocycles. The first-order valence-corrected chi connectivity index (χ1v) is 13.1. The van der Waals surface area contributed by atoms with E-state index in [1.165, 1.54) is 33.5 Å². The number of rotatable bonds is 11. The van der Waals surface area contributed by atoms with E-state index < -0.39 is 41.5 Å². The molecule has 3 aromatic carbocycles. The van der Waals surface area contributed by atoms with Crippen molar-refractivity contribution in [1.82, 2.24) is 14.9 Å². The number of aryl methyl sites for hydroxylation is 1. The van der Waals surface area contributed by atoms with Gasteiger partial charge in [-0.15, -0.1) is 0 Å². The number of benzene rings is 3. The van der Waals surface area contributed by atoms with Crippen molar-refractivity contribution in [3.8, 4) is 17.2 Å². The van der Waals surface area contributed by atoms with Crippen LogP contribution in [-0.2, 0) is 25.4 Å². The Bertz CT molecular complexity index is 1630. The Kier molecular flexibility index (Phi) is 9.47. The van der Waals surface area contributed by atoms with Crippen LogP contribution >= 0.6 is 0 Å². The summed E-state index contributed by atoms with van der Waals surface area (Å²) in [6.45, 7) is -0.0397. The van der Waals surface area contributed by atoms with Crippen LogP contribution in [0.25, 0.3) is 11.0 Å². The molecule has 0 bridgehead atoms. The van der Waals surface area contributed by atoms with Crippen LogP contribution in [0.15, 0.2) is 48.5 Å². The van der Waals surface area contributed by atoms with E-state index in [0.717, 1.165) is 0 Å². The molecule has 4 aromatic rings. The van der Waals surface area contributed by atoms with Gasteiger partial charge in [-0.2, -0.15) is 26.3 Å². The number of amides is 1. The molecule has 0 spiro atoms. The van der Waals surface area contributed by atoms with Gasteiger partial charge in [0.05, 0.1) is 43.5 Å². The minimum Gasteiger partial charge on any atom is -0.493 e. The average molecular weight is 626 g/mol. The Morgan fingerprint density at radius 2 is 1.59 bits per heavy atom. The SMILES string of the molecule is COc1cc(Nc2nc3ccc(C(=O)NCc4cc(C(F)(F)F)ccc4C(F)(F)F)cc3n2CCCN)cc(OC)c1OC. The maximum atomic E-state index is 13.5. The van der Waals surface area contributed by atoms with Gasteiger partial charge in [0.15, 0.2) is 11.5 Å². The number of fused-ring (bicyclic) bond motifs is 1. The van der Waals surface area contributed by atoms with E-state index >= 15 is 0 Å². The normalized spacial score (nSPS) is 11.9. The quantitative estimate of drug-likeness (QED) is 0.172. The smallest absolute Gasteiger partial charge is 0.416 e. The van der Waals surface area contributed by atoms with Crippen molar-refractivity contribution in [1.29, 1.82) is 0 Å². The molecule has 0 aliphatic carbocycles. The Hall–Kier alpha value is -4.66. The second-order valence-corrected chi connectivity index (χ2v) is 9.52. The standard InChI is InChI=1S/C29H29F6N5O4/c1-42-23-13-19(14-24(43-2)25(23)44-3)38-27-39-21-8-5-16(12-22(21)40(27)10-4-9-36)26(41)37-15-17-11-18(28(30,31)32)6-7-20(17)29(33,34)35/h5-8,11-14H,4,9-10,15,36H2,1-3H3,(H,37,41)(H,38,39). The first kappa shape index (κ1) is 32.3. The number of halogens is 6. The highest BCUT2D eigenvalue weighted by molar-refractivity contribution is 5.97. The molecule has 15 heteroatoms. The van der Waals surface area contributed by atoms with Crippen molar-refractivity contribution < 1.29 is 45.3 Å². The molecule has 0 saturated heterocycles. The van der Waals surface area contributed by atoms with Crippen molar-refractivity contribution in [3.63, 3.8) is 0 Å². The number of alkyl halides is 6. The fraction of sp³-hybridized carbons (Fsp3) is 0.310. The van der Waals surface area contributed by atoms with Gasteiger partial charge in [-0.1, -0.05) is 0 Å². The summed E-state index contributed by atoms with van der Waals surface area (Å²) in [6.07, 6.45) is -9.23. The number of ether oxygens (including phenoxy) is 3. The molecule has 0 fully saturated rings. The van der Waals surface area contributed by atoms with Gasteiger partial charge >= 0.3 is 12.4 Å². The molecule has 236 valence electrons. The number of anilines is 2. The number of hydrogen-bond donors (Lipinski definition) is 3. The highest BCUT2D eigenvalue weighted by Gasteiger charge is 2.37. The number of carbonyl (C=O) groups is 1. The minimum absolute atomic E-state index is 0.0614. The largest absolute Gasteiger partial charge is 0.493 e. The molecule has 1 amide bonds. The van der Waals surface area contributed by atoms with E-state index in [9.17, 15) is 31.1 Å². The third-order valence-corrected chi connectivity index (χ3v) is 6.69. The fourth-order valence-electron chi connectivity index (χ4n) is 4.59. The lowest BCUT2D eigenvalue weighted by molar-refractivity contribution is -0.141. The molecule has 0 unspecified atom stereocenters. The number of hydrogen-bond acceptors (Lipinski definition) is 7. The summed E-state index contributed by atoms with van der Waals surface area (Å²) in [5.74, 6) is 0.780. The second-order valence-electron chi connectivity index (χ2n) is 9.52. The monoisotopic (exact) mass is 625 g/mol. The van der Waals surface area contributed by atoms with E-state index in [4.69, 9.17) is 19.9 Å². The first-order valence-electron chi connectivity index (χ1n) is 13.1. The van der Waals surface area contributed by atoms with Gasteiger partial charge in [-0.05, 0) is 54.9 Å². The third-order valence-electron chi connectivity index (χ3n) is 6.69. The lowest BCUT2D eigenvalue weighted by atomic mass is 10.0. The van der Waals surface area contributed by atoms with Crippen LogP contribution in [-0.4, -0.2) is 43.3 Å². The molecule has 1 heterocycles. The van der Waals surface area contributed by atoms with Gasteiger partial charge in [0.25, 0.3) is 5.91 Å². The van der Waals surface area contributed by atoms with Gasteiger partial charge in [0, 0.05) is 36.5 Å². The Morgan fingerprint density at radius 3 is 2.16 bits per heavy atom. The summed E-state index contributed by atoms with van der Waals surface area (Å²) in [5.41, 5.74) is 4.10. The summed E-state index contributed by atoms with van der Waals surface area (Å²) in [4.78, 5) is 17.6. The fourth-order valence-corrected chi connectivity index (χ4v) is 4.59. The van der Waals surface area contributed by atoms with E-state index in [1.54, 1.807) is 22.8 Å². The number of aromatic nitrogens is 2. The molecule has 9 nitrogen and oxygen atoms in total. The Labute approximate surface area is 247 Å². The summed E-state index contributed by atoms with van der Waals surface area (Å²) in [7, 11) is 4.42. The van der Waals surface area contributed by atoms with Crippen LogP contribution in [0.1, 0.15) is 33.5 Å². The zero-order valence-corrected chi connectivity index (χ0v) is 23.8. The second kappa shape index (κ2) is 12.9. The molecule has 0 radical (unpaired) electrons. The van der Waals surface area contributed by atoms with Crippen molar-refractivity contribution in [2.24, 2.45) is 5.73 Å². The lowest BCUT2D eigenvalue weighted by Gasteiger charge is -2.16. The van der Waals surface area contributed by atoms with Crippen molar-refractivity contribution in [3.05, 3.63) is 70.8 Å². The maximum Gasteiger partial charge on any atom is 0.416 e. The van der Waals surface area contributed by atoms with Crippen LogP contribution in [0, 0.1) is 0 Å². The van der Waals surface area contributed by atoms with Crippen LogP contribution in [0.2, 0.25) is 0 Å². The molecular formula is C29H29F6N5O4. The molecule has 0 aliphatic rings. The maximum absolute atomic E-state index is 13.5. The molecule has 0 atom stereocenters. The van der Waals surface area contributed by atoms with E-state index in [-0.39, 0.29) is 5.56 Å². The summed E-state index contributed by atoms with van der Waals surface area (Å²) >= 11 is 0. The summed E-state index contributed by atoms with van der Waals surface area (Å²) < 4.78 is 97.9. The van der Waals surface area contributed by atoms with Gasteiger partial charge in [-0.3, -0.25) is 4.79 Å². The predicted octanol–water partition coefficient (Wildman–Crippen LogP) is 6.12. The number of carbonyl (C=O) groups excluding carboxylic acids is 1. The van der Waals surface area contributed by atoms with Gasteiger partial charge in [0.2, 0.25) is 11.7 Å². The van der Waals surface area contributed by atoms with Crippen molar-refractivity contribution in [2.45, 2.75) is 31.9 Å². The van der Waals surface area contributed by atoms with Gasteiger partial charge in [0.1, 0.15) is 0 Å². The molecule has 4 rings (SSSR count).